The molecule has 1 heterocycles. The van der Waals surface area contributed by atoms with Crippen LogP contribution < -0.4 is 0 Å². The molecule has 17 heavy (non-hydrogen) atoms. The number of amides is 2. The monoisotopic (exact) mass is 240 g/mol. The van der Waals surface area contributed by atoms with E-state index in [0.29, 0.717) is 13.1 Å². The summed E-state index contributed by atoms with van der Waals surface area (Å²) in [6.07, 6.45) is 3.60. The number of hydrogen-bond acceptors (Lipinski definition) is 2. The van der Waals surface area contributed by atoms with Gasteiger partial charge >= 0.3 is 12.0 Å². The average molecular weight is 240 g/mol. The molecule has 1 atom stereocenters. The third-order valence-electron chi connectivity index (χ3n) is 2.98. The molecule has 0 radical (unpaired) electrons. The molecule has 0 aliphatic carbocycles. The van der Waals surface area contributed by atoms with Crippen molar-refractivity contribution in [3.63, 3.8) is 0 Å². The molecule has 0 aromatic rings. The molecule has 0 aromatic heterocycles. The van der Waals surface area contributed by atoms with Crippen molar-refractivity contribution in [2.45, 2.75) is 19.3 Å². The summed E-state index contributed by atoms with van der Waals surface area (Å²) in [5.74, 6) is -0.703. The molecular formula is C12H20N2O3. The number of carboxylic acids is 1. The first-order chi connectivity index (χ1) is 8.04. The lowest BCUT2D eigenvalue weighted by Crippen LogP contribution is -2.46. The number of urea groups is 1. The summed E-state index contributed by atoms with van der Waals surface area (Å²) in [6, 6.07) is -0.0417. The van der Waals surface area contributed by atoms with Gasteiger partial charge in [-0.2, -0.15) is 0 Å². The summed E-state index contributed by atoms with van der Waals surface area (Å²) >= 11 is 0. The Morgan fingerprint density at radius 3 is 2.88 bits per heavy atom. The average Bonchev–Trinajstić information content (AvgIpc) is 2.28. The molecule has 0 spiro atoms. The van der Waals surface area contributed by atoms with Crippen LogP contribution in [0.15, 0.2) is 12.7 Å². The highest BCUT2D eigenvalue weighted by Crippen LogP contribution is 2.20. The van der Waals surface area contributed by atoms with Crippen LogP contribution in [0, 0.1) is 5.92 Å². The van der Waals surface area contributed by atoms with E-state index in [2.05, 4.69) is 6.58 Å². The Hall–Kier alpha value is -1.52. The number of carboxylic acid groups (broad SMARTS) is 1. The van der Waals surface area contributed by atoms with Crippen molar-refractivity contribution in [3.8, 4) is 0 Å². The predicted molar refractivity (Wildman–Crippen MR) is 64.8 cm³/mol. The van der Waals surface area contributed by atoms with Crippen LogP contribution in [0.25, 0.3) is 0 Å². The second kappa shape index (κ2) is 6.27. The van der Waals surface area contributed by atoms with Crippen molar-refractivity contribution in [1.82, 2.24) is 9.80 Å². The van der Waals surface area contributed by atoms with E-state index in [0.717, 1.165) is 19.4 Å². The standard InChI is InChI=1S/C12H20N2O3/c1-3-6-13(2)12(17)14-7-4-5-10(9-14)8-11(15)16/h3,10H,1,4-9H2,2H3,(H,15,16). The van der Waals surface area contributed by atoms with E-state index in [9.17, 15) is 9.59 Å². The maximum Gasteiger partial charge on any atom is 0.320 e. The fraction of sp³-hybridized carbons (Fsp3) is 0.667. The Bertz CT molecular complexity index is 304. The van der Waals surface area contributed by atoms with Crippen LogP contribution in [0.3, 0.4) is 0 Å². The number of rotatable bonds is 4. The van der Waals surface area contributed by atoms with Gasteiger partial charge in [0.2, 0.25) is 0 Å². The lowest BCUT2D eigenvalue weighted by molar-refractivity contribution is -0.138. The highest BCUT2D eigenvalue weighted by molar-refractivity contribution is 5.74. The minimum absolute atomic E-state index is 0.0417. The molecule has 0 bridgehead atoms. The summed E-state index contributed by atoms with van der Waals surface area (Å²) in [4.78, 5) is 26.0. The van der Waals surface area contributed by atoms with Crippen LogP contribution >= 0.6 is 0 Å². The third kappa shape index (κ3) is 4.09. The summed E-state index contributed by atoms with van der Waals surface area (Å²) in [5, 5.41) is 8.76. The first-order valence-corrected chi connectivity index (χ1v) is 5.87. The smallest absolute Gasteiger partial charge is 0.320 e. The summed E-state index contributed by atoms with van der Waals surface area (Å²) in [5.41, 5.74) is 0. The van der Waals surface area contributed by atoms with Crippen molar-refractivity contribution < 1.29 is 14.7 Å². The summed E-state index contributed by atoms with van der Waals surface area (Å²) in [6.45, 7) is 5.37. The lowest BCUT2D eigenvalue weighted by atomic mass is 9.95. The molecule has 1 rings (SSSR count). The third-order valence-corrected chi connectivity index (χ3v) is 2.98. The number of carbonyl (C=O) groups is 2. The Kier molecular flexibility index (Phi) is 5.00. The van der Waals surface area contributed by atoms with E-state index in [1.165, 1.54) is 0 Å². The molecule has 1 aliphatic heterocycles. The first kappa shape index (κ1) is 13.5. The van der Waals surface area contributed by atoms with Crippen molar-refractivity contribution >= 4 is 12.0 Å². The Labute approximate surface area is 102 Å². The molecule has 1 unspecified atom stereocenters. The molecule has 96 valence electrons. The fourth-order valence-corrected chi connectivity index (χ4v) is 2.17. The molecule has 1 aliphatic rings. The molecule has 1 fully saturated rings. The zero-order valence-electron chi connectivity index (χ0n) is 10.3. The van der Waals surface area contributed by atoms with Gasteiger partial charge in [0.05, 0.1) is 0 Å². The molecule has 1 saturated heterocycles. The van der Waals surface area contributed by atoms with Gasteiger partial charge < -0.3 is 14.9 Å². The van der Waals surface area contributed by atoms with Gasteiger partial charge in [0.1, 0.15) is 0 Å². The SMILES string of the molecule is C=CCN(C)C(=O)N1CCCC(CC(=O)O)C1. The van der Waals surface area contributed by atoms with E-state index in [1.807, 2.05) is 0 Å². The second-order valence-corrected chi connectivity index (χ2v) is 4.50. The molecule has 0 saturated carbocycles. The molecule has 0 aromatic carbocycles. The quantitative estimate of drug-likeness (QED) is 0.756. The Morgan fingerprint density at radius 1 is 1.59 bits per heavy atom. The minimum atomic E-state index is -0.788. The van der Waals surface area contributed by atoms with Crippen molar-refractivity contribution in [3.05, 3.63) is 12.7 Å². The van der Waals surface area contributed by atoms with Crippen molar-refractivity contribution in [1.29, 1.82) is 0 Å². The summed E-state index contributed by atoms with van der Waals surface area (Å²) < 4.78 is 0. The number of likely N-dealkylation sites (N-methyl/N-ethyl adjacent to an activating group) is 1. The van der Waals surface area contributed by atoms with E-state index >= 15 is 0 Å². The van der Waals surface area contributed by atoms with Gasteiger partial charge in [-0.3, -0.25) is 4.79 Å². The Morgan fingerprint density at radius 2 is 2.29 bits per heavy atom. The second-order valence-electron chi connectivity index (χ2n) is 4.50. The maximum atomic E-state index is 12.0. The zero-order valence-corrected chi connectivity index (χ0v) is 10.3. The predicted octanol–water partition coefficient (Wildman–Crippen LogP) is 1.41. The fourth-order valence-electron chi connectivity index (χ4n) is 2.17. The number of piperidine rings is 1. The largest absolute Gasteiger partial charge is 0.481 e. The van der Waals surface area contributed by atoms with Gasteiger partial charge in [-0.25, -0.2) is 4.79 Å². The Balaban J connectivity index is 2.50. The van der Waals surface area contributed by atoms with Crippen LogP contribution in [0.2, 0.25) is 0 Å². The number of aliphatic carboxylic acids is 1. The number of likely N-dealkylation sites (tertiary alicyclic amines) is 1. The van der Waals surface area contributed by atoms with Gasteiger partial charge in [0.15, 0.2) is 0 Å². The molecule has 1 N–H and O–H groups in total. The van der Waals surface area contributed by atoms with Gasteiger partial charge in [-0.05, 0) is 18.8 Å². The topological polar surface area (TPSA) is 60.9 Å². The highest BCUT2D eigenvalue weighted by Gasteiger charge is 2.26. The molecular weight excluding hydrogens is 220 g/mol. The number of hydrogen-bond donors (Lipinski definition) is 1. The van der Waals surface area contributed by atoms with Crippen molar-refractivity contribution in [2.75, 3.05) is 26.7 Å². The molecule has 5 nitrogen and oxygen atoms in total. The zero-order chi connectivity index (χ0) is 12.8. The van der Waals surface area contributed by atoms with Crippen LogP contribution in [0.4, 0.5) is 4.79 Å². The van der Waals surface area contributed by atoms with E-state index in [1.54, 1.807) is 22.9 Å². The highest BCUT2D eigenvalue weighted by atomic mass is 16.4. The minimum Gasteiger partial charge on any atom is -0.481 e. The maximum absolute atomic E-state index is 12.0. The van der Waals surface area contributed by atoms with Crippen LogP contribution in [-0.4, -0.2) is 53.6 Å². The van der Waals surface area contributed by atoms with E-state index in [4.69, 9.17) is 5.11 Å². The number of nitrogens with zero attached hydrogens (tertiary/aromatic N) is 2. The normalized spacial score (nSPS) is 19.8. The lowest BCUT2D eigenvalue weighted by Gasteiger charge is -2.34. The van der Waals surface area contributed by atoms with E-state index in [-0.39, 0.29) is 18.4 Å². The summed E-state index contributed by atoms with van der Waals surface area (Å²) in [7, 11) is 1.73. The number of carbonyl (C=O) groups excluding carboxylic acids is 1. The van der Waals surface area contributed by atoms with Crippen molar-refractivity contribution in [2.24, 2.45) is 5.92 Å². The van der Waals surface area contributed by atoms with Gasteiger partial charge in [0, 0.05) is 33.1 Å². The molecule has 5 heteroatoms. The first-order valence-electron chi connectivity index (χ1n) is 5.87. The molecule has 2 amide bonds. The van der Waals surface area contributed by atoms with E-state index < -0.39 is 5.97 Å². The van der Waals surface area contributed by atoms with Crippen LogP contribution in [0.5, 0.6) is 0 Å². The van der Waals surface area contributed by atoms with Crippen LogP contribution in [0.1, 0.15) is 19.3 Å². The van der Waals surface area contributed by atoms with Gasteiger partial charge in [-0.1, -0.05) is 6.08 Å². The van der Waals surface area contributed by atoms with Gasteiger partial charge in [-0.15, -0.1) is 6.58 Å². The van der Waals surface area contributed by atoms with Crippen LogP contribution in [-0.2, 0) is 4.79 Å². The van der Waals surface area contributed by atoms with Gasteiger partial charge in [0.25, 0.3) is 0 Å².